The van der Waals surface area contributed by atoms with Crippen LogP contribution in [0.5, 0.6) is 0 Å². The third-order valence-corrected chi connectivity index (χ3v) is 2.06. The first-order valence-corrected chi connectivity index (χ1v) is 5.03. The van der Waals surface area contributed by atoms with Crippen LogP contribution in [0.4, 0.5) is 11.5 Å². The lowest BCUT2D eigenvalue weighted by Crippen LogP contribution is -2.16. The van der Waals surface area contributed by atoms with E-state index in [2.05, 4.69) is 15.3 Å². The van der Waals surface area contributed by atoms with Crippen molar-refractivity contribution in [2.45, 2.75) is 19.3 Å². The summed E-state index contributed by atoms with van der Waals surface area (Å²) in [4.78, 5) is 17.4. The second kappa shape index (κ2) is 6.02. The van der Waals surface area contributed by atoms with E-state index in [0.29, 0.717) is 12.4 Å². The van der Waals surface area contributed by atoms with Gasteiger partial charge < -0.3 is 21.8 Å². The molecule has 1 heterocycles. The van der Waals surface area contributed by atoms with Gasteiger partial charge in [-0.25, -0.2) is 4.98 Å². The van der Waals surface area contributed by atoms with Gasteiger partial charge >= 0.3 is 0 Å². The Bertz CT molecular complexity index is 349. The summed E-state index contributed by atoms with van der Waals surface area (Å²) in [5.41, 5.74) is 10.7. The molecule has 15 heavy (non-hydrogen) atoms. The minimum Gasteiger partial charge on any atom is -0.391 e. The van der Waals surface area contributed by atoms with E-state index in [1.54, 1.807) is 0 Å². The van der Waals surface area contributed by atoms with Crippen molar-refractivity contribution in [2.75, 3.05) is 24.1 Å². The van der Waals surface area contributed by atoms with Gasteiger partial charge in [0.15, 0.2) is 5.82 Å². The highest BCUT2D eigenvalue weighted by atomic mass is 16.1. The zero-order valence-electron chi connectivity index (χ0n) is 8.62. The molecule has 0 aliphatic carbocycles. The van der Waals surface area contributed by atoms with Crippen LogP contribution < -0.4 is 22.3 Å². The molecule has 0 saturated carbocycles. The molecule has 0 spiro atoms. The summed E-state index contributed by atoms with van der Waals surface area (Å²) < 4.78 is 0. The van der Waals surface area contributed by atoms with Crippen molar-refractivity contribution in [1.82, 2.24) is 9.97 Å². The maximum Gasteiger partial charge on any atom is 0.276 e. The van der Waals surface area contributed by atoms with Gasteiger partial charge in [-0.2, -0.15) is 0 Å². The lowest BCUT2D eigenvalue weighted by Gasteiger charge is -2.06. The van der Waals surface area contributed by atoms with Crippen LogP contribution in [0.25, 0.3) is 0 Å². The molecular weight excluding hydrogens is 194 g/mol. The summed E-state index contributed by atoms with van der Waals surface area (Å²) in [7, 11) is 0. The van der Waals surface area contributed by atoms with Crippen molar-refractivity contribution in [3.8, 4) is 0 Å². The Kier molecular flexibility index (Phi) is 4.62. The summed E-state index contributed by atoms with van der Waals surface area (Å²) in [5.74, 6) is 0.450. The van der Waals surface area contributed by atoms with Gasteiger partial charge in [0.25, 0.3) is 5.56 Å². The maximum absolute atomic E-state index is 11.1. The number of hydrogen-bond acceptors (Lipinski definition) is 5. The fourth-order valence-corrected chi connectivity index (χ4v) is 1.20. The number of rotatable bonds is 6. The molecular formula is C9H17N5O. The number of aromatic amines is 1. The van der Waals surface area contributed by atoms with E-state index in [0.717, 1.165) is 25.8 Å². The van der Waals surface area contributed by atoms with E-state index in [4.69, 9.17) is 11.5 Å². The molecule has 0 saturated heterocycles. The van der Waals surface area contributed by atoms with Crippen molar-refractivity contribution in [3.63, 3.8) is 0 Å². The summed E-state index contributed by atoms with van der Waals surface area (Å²) in [6, 6.07) is 0. The van der Waals surface area contributed by atoms with Crippen molar-refractivity contribution >= 4 is 11.5 Å². The predicted octanol–water partition coefficient (Wildman–Crippen LogP) is -0.107. The number of nitrogens with one attached hydrogen (secondary N) is 2. The summed E-state index contributed by atoms with van der Waals surface area (Å²) >= 11 is 0. The molecule has 0 fully saturated rings. The summed E-state index contributed by atoms with van der Waals surface area (Å²) in [6.07, 6.45) is 4.40. The van der Waals surface area contributed by atoms with Gasteiger partial charge in [0.1, 0.15) is 5.69 Å². The Hall–Kier alpha value is -1.56. The standard InChI is InChI=1S/C9H17N5O/c10-4-2-1-3-5-12-8-7(11)9(15)14-6-13-8/h6H,1-5,10-11H2,(H2,12,13,14,15). The second-order valence-electron chi connectivity index (χ2n) is 3.27. The number of nitrogens with zero attached hydrogens (tertiary/aromatic N) is 1. The van der Waals surface area contributed by atoms with Crippen LogP contribution in [0.3, 0.4) is 0 Å². The van der Waals surface area contributed by atoms with E-state index in [-0.39, 0.29) is 11.2 Å². The quantitative estimate of drug-likeness (QED) is 0.491. The van der Waals surface area contributed by atoms with Crippen LogP contribution in [-0.4, -0.2) is 23.1 Å². The van der Waals surface area contributed by atoms with Crippen molar-refractivity contribution < 1.29 is 0 Å². The first kappa shape index (κ1) is 11.5. The van der Waals surface area contributed by atoms with Crippen LogP contribution in [0, 0.1) is 0 Å². The molecule has 1 aromatic rings. The van der Waals surface area contributed by atoms with E-state index in [1.807, 2.05) is 0 Å². The van der Waals surface area contributed by atoms with Gasteiger partial charge in [0.2, 0.25) is 0 Å². The molecule has 1 rings (SSSR count). The third-order valence-electron chi connectivity index (χ3n) is 2.06. The molecule has 1 aromatic heterocycles. The number of anilines is 2. The molecule has 0 unspecified atom stereocenters. The molecule has 0 aromatic carbocycles. The number of H-pyrrole nitrogens is 1. The first-order chi connectivity index (χ1) is 7.25. The predicted molar refractivity (Wildman–Crippen MR) is 60.7 cm³/mol. The topological polar surface area (TPSA) is 110 Å². The van der Waals surface area contributed by atoms with E-state index < -0.39 is 0 Å². The Morgan fingerprint density at radius 1 is 1.40 bits per heavy atom. The molecule has 0 amide bonds. The molecule has 0 atom stereocenters. The van der Waals surface area contributed by atoms with Gasteiger partial charge in [-0.1, -0.05) is 6.42 Å². The zero-order chi connectivity index (χ0) is 11.1. The Labute approximate surface area is 88.1 Å². The monoisotopic (exact) mass is 211 g/mol. The Morgan fingerprint density at radius 2 is 2.20 bits per heavy atom. The molecule has 0 bridgehead atoms. The summed E-state index contributed by atoms with van der Waals surface area (Å²) in [6.45, 7) is 1.46. The average Bonchev–Trinajstić information content (AvgIpc) is 2.24. The number of hydrogen-bond donors (Lipinski definition) is 4. The lowest BCUT2D eigenvalue weighted by molar-refractivity contribution is 0.706. The highest BCUT2D eigenvalue weighted by Crippen LogP contribution is 2.07. The van der Waals surface area contributed by atoms with Gasteiger partial charge in [-0.3, -0.25) is 4.79 Å². The molecule has 0 radical (unpaired) electrons. The van der Waals surface area contributed by atoms with Crippen LogP contribution in [0.1, 0.15) is 19.3 Å². The smallest absolute Gasteiger partial charge is 0.276 e. The molecule has 0 aliphatic rings. The van der Waals surface area contributed by atoms with Crippen LogP contribution in [-0.2, 0) is 0 Å². The third kappa shape index (κ3) is 3.59. The molecule has 6 nitrogen and oxygen atoms in total. The zero-order valence-corrected chi connectivity index (χ0v) is 8.62. The van der Waals surface area contributed by atoms with Crippen LogP contribution in [0.2, 0.25) is 0 Å². The Morgan fingerprint density at radius 3 is 2.93 bits per heavy atom. The SMILES string of the molecule is NCCCCCNc1nc[nH]c(=O)c1N. The normalized spacial score (nSPS) is 10.2. The molecule has 0 aliphatic heterocycles. The highest BCUT2D eigenvalue weighted by molar-refractivity contribution is 5.58. The van der Waals surface area contributed by atoms with Gasteiger partial charge in [-0.05, 0) is 19.4 Å². The van der Waals surface area contributed by atoms with Crippen LogP contribution in [0.15, 0.2) is 11.1 Å². The minimum absolute atomic E-state index is 0.135. The van der Waals surface area contributed by atoms with Gasteiger partial charge in [0.05, 0.1) is 6.33 Å². The summed E-state index contributed by atoms with van der Waals surface area (Å²) in [5, 5.41) is 3.02. The van der Waals surface area contributed by atoms with Crippen molar-refractivity contribution in [2.24, 2.45) is 5.73 Å². The molecule has 84 valence electrons. The largest absolute Gasteiger partial charge is 0.391 e. The minimum atomic E-state index is -0.311. The van der Waals surface area contributed by atoms with E-state index in [9.17, 15) is 4.79 Å². The molecule has 6 N–H and O–H groups in total. The maximum atomic E-state index is 11.1. The van der Waals surface area contributed by atoms with Crippen LogP contribution >= 0.6 is 0 Å². The number of nitrogens with two attached hydrogens (primary N) is 2. The highest BCUT2D eigenvalue weighted by Gasteiger charge is 2.02. The Balaban J connectivity index is 2.38. The van der Waals surface area contributed by atoms with Gasteiger partial charge in [-0.15, -0.1) is 0 Å². The molecule has 6 heteroatoms. The second-order valence-corrected chi connectivity index (χ2v) is 3.27. The number of unbranched alkanes of at least 4 members (excludes halogenated alkanes) is 2. The first-order valence-electron chi connectivity index (χ1n) is 5.03. The van der Waals surface area contributed by atoms with E-state index >= 15 is 0 Å². The lowest BCUT2D eigenvalue weighted by atomic mass is 10.2. The van der Waals surface area contributed by atoms with Crippen molar-refractivity contribution in [1.29, 1.82) is 0 Å². The average molecular weight is 211 g/mol. The van der Waals surface area contributed by atoms with Crippen molar-refractivity contribution in [3.05, 3.63) is 16.7 Å². The fourth-order valence-electron chi connectivity index (χ4n) is 1.20. The number of aromatic nitrogens is 2. The number of nitrogen functional groups attached to an aromatic ring is 1. The van der Waals surface area contributed by atoms with Gasteiger partial charge in [0, 0.05) is 6.54 Å². The van der Waals surface area contributed by atoms with E-state index in [1.165, 1.54) is 6.33 Å². The fraction of sp³-hybridized carbons (Fsp3) is 0.556.